The zero-order valence-corrected chi connectivity index (χ0v) is 42.3. The average molecular weight is 959 g/mol. The molecule has 0 bridgehead atoms. The van der Waals surface area contributed by atoms with Crippen molar-refractivity contribution in [1.82, 2.24) is 0 Å². The third kappa shape index (κ3) is 7.23. The molecule has 9 aromatic rings. The number of nitrogens with zero attached hydrogens (tertiary/aromatic N) is 4. The SMILES string of the molecule is c1ccc(N(c2ccc(C3CCCCC3)cc2)c2ccc3c4c2Cc2ccccc2N4c2cc4c(cc2C3)N2c3ccccc3Cc3c(N(c5ccccc5)c5ccc(C6CCCCC6)cc5)ccc(c32)C4)cc1. The minimum absolute atomic E-state index is 0.672. The normalized spacial score (nSPS) is 16.3. The summed E-state index contributed by atoms with van der Waals surface area (Å²) in [6, 6.07) is 74.6. The van der Waals surface area contributed by atoms with Crippen LogP contribution in [0.4, 0.5) is 68.2 Å². The van der Waals surface area contributed by atoms with Gasteiger partial charge >= 0.3 is 0 Å². The number of hydrogen-bond donors (Lipinski definition) is 0. The number of fused-ring (bicyclic) bond motifs is 8. The second-order valence-electron chi connectivity index (χ2n) is 22.1. The fraction of sp³-hybridized carbons (Fsp3) is 0.229. The molecule has 0 radical (unpaired) electrons. The molecule has 362 valence electrons. The van der Waals surface area contributed by atoms with Gasteiger partial charge in [-0.05, 0) is 167 Å². The van der Waals surface area contributed by atoms with Crippen molar-refractivity contribution in [2.45, 2.75) is 102 Å². The van der Waals surface area contributed by atoms with Crippen LogP contribution >= 0.6 is 0 Å². The fourth-order valence-corrected chi connectivity index (χ4v) is 14.3. The first-order valence-electron chi connectivity index (χ1n) is 27.8. The molecule has 4 aliphatic heterocycles. The predicted octanol–water partition coefficient (Wildman–Crippen LogP) is 19.3. The third-order valence-electron chi connectivity index (χ3n) is 17.8. The first kappa shape index (κ1) is 43.7. The highest BCUT2D eigenvalue weighted by molar-refractivity contribution is 5.98. The lowest BCUT2D eigenvalue weighted by Crippen LogP contribution is -2.29. The van der Waals surface area contributed by atoms with Gasteiger partial charge in [0.05, 0.1) is 34.1 Å². The van der Waals surface area contributed by atoms with E-state index in [1.807, 2.05) is 0 Å². The number of benzene rings is 9. The van der Waals surface area contributed by atoms with Crippen molar-refractivity contribution in [2.24, 2.45) is 0 Å². The molecule has 6 aliphatic rings. The first-order chi connectivity index (χ1) is 36.7. The lowest BCUT2D eigenvalue weighted by atomic mass is 9.81. The summed E-state index contributed by atoms with van der Waals surface area (Å²) in [5.74, 6) is 1.34. The lowest BCUT2D eigenvalue weighted by Gasteiger charge is -2.44. The smallest absolute Gasteiger partial charge is 0.0553 e. The molecule has 74 heavy (non-hydrogen) atoms. The maximum absolute atomic E-state index is 2.65. The monoisotopic (exact) mass is 958 g/mol. The Labute approximate surface area is 437 Å². The number of anilines is 12. The van der Waals surface area contributed by atoms with Gasteiger partial charge in [0.2, 0.25) is 0 Å². The van der Waals surface area contributed by atoms with Crippen LogP contribution in [0.3, 0.4) is 0 Å². The molecule has 2 fully saturated rings. The van der Waals surface area contributed by atoms with Crippen molar-refractivity contribution in [2.75, 3.05) is 19.6 Å². The van der Waals surface area contributed by atoms with E-state index in [0.717, 1.165) is 25.7 Å². The molecule has 0 N–H and O–H groups in total. The molecule has 4 nitrogen and oxygen atoms in total. The van der Waals surface area contributed by atoms with E-state index in [1.54, 1.807) is 0 Å². The molecule has 15 rings (SSSR count). The summed E-state index contributed by atoms with van der Waals surface area (Å²) in [5, 5.41) is 0. The van der Waals surface area contributed by atoms with Gasteiger partial charge in [-0.3, -0.25) is 0 Å². The Morgan fingerprint density at radius 3 is 1.09 bits per heavy atom. The molecule has 0 unspecified atom stereocenters. The van der Waals surface area contributed by atoms with E-state index >= 15 is 0 Å². The summed E-state index contributed by atoms with van der Waals surface area (Å²) in [4.78, 5) is 10.3. The molecule has 0 atom stereocenters. The van der Waals surface area contributed by atoms with Gasteiger partial charge in [-0.1, -0.05) is 148 Å². The average Bonchev–Trinajstić information content (AvgIpc) is 3.48. The van der Waals surface area contributed by atoms with E-state index < -0.39 is 0 Å². The van der Waals surface area contributed by atoms with Gasteiger partial charge in [0, 0.05) is 70.9 Å². The minimum Gasteiger partial charge on any atom is -0.310 e. The minimum atomic E-state index is 0.672. The van der Waals surface area contributed by atoms with Crippen molar-refractivity contribution in [3.05, 3.63) is 250 Å². The molecule has 2 saturated carbocycles. The summed E-state index contributed by atoms with van der Waals surface area (Å²) in [6.07, 6.45) is 16.8. The Kier molecular flexibility index (Phi) is 10.6. The largest absolute Gasteiger partial charge is 0.310 e. The molecule has 0 aromatic heterocycles. The van der Waals surface area contributed by atoms with Crippen molar-refractivity contribution >= 4 is 68.2 Å². The van der Waals surface area contributed by atoms with Crippen molar-refractivity contribution in [1.29, 1.82) is 0 Å². The summed E-state index contributed by atoms with van der Waals surface area (Å²) in [5.41, 5.74) is 29.2. The molecule has 0 spiro atoms. The summed E-state index contributed by atoms with van der Waals surface area (Å²) < 4.78 is 0. The molecule has 0 amide bonds. The molecule has 2 aliphatic carbocycles. The summed E-state index contributed by atoms with van der Waals surface area (Å²) in [6.45, 7) is 0. The van der Waals surface area contributed by atoms with E-state index in [0.29, 0.717) is 11.8 Å². The van der Waals surface area contributed by atoms with E-state index in [2.05, 4.69) is 214 Å². The fourth-order valence-electron chi connectivity index (χ4n) is 14.3. The zero-order chi connectivity index (χ0) is 48.7. The summed E-state index contributed by atoms with van der Waals surface area (Å²) in [7, 11) is 0. The van der Waals surface area contributed by atoms with E-state index in [9.17, 15) is 0 Å². The topological polar surface area (TPSA) is 13.0 Å². The van der Waals surface area contributed by atoms with Crippen LogP contribution in [0.2, 0.25) is 0 Å². The quantitative estimate of drug-likeness (QED) is 0.150. The highest BCUT2D eigenvalue weighted by Gasteiger charge is 2.39. The maximum atomic E-state index is 2.65. The van der Waals surface area contributed by atoms with Crippen LogP contribution in [-0.2, 0) is 25.7 Å². The first-order valence-corrected chi connectivity index (χ1v) is 27.8. The van der Waals surface area contributed by atoms with Gasteiger partial charge < -0.3 is 19.6 Å². The Balaban J connectivity index is 0.857. The molecular weight excluding hydrogens is 897 g/mol. The van der Waals surface area contributed by atoms with E-state index in [1.165, 1.54) is 188 Å². The molecular formula is C70H62N4. The van der Waals surface area contributed by atoms with Crippen LogP contribution in [0, 0.1) is 0 Å². The van der Waals surface area contributed by atoms with Gasteiger partial charge in [-0.15, -0.1) is 0 Å². The van der Waals surface area contributed by atoms with Crippen LogP contribution < -0.4 is 19.6 Å². The van der Waals surface area contributed by atoms with E-state index in [4.69, 9.17) is 0 Å². The van der Waals surface area contributed by atoms with Crippen LogP contribution in [0.5, 0.6) is 0 Å². The van der Waals surface area contributed by atoms with Crippen LogP contribution in [-0.4, -0.2) is 0 Å². The number of rotatable bonds is 8. The molecule has 4 heterocycles. The third-order valence-corrected chi connectivity index (χ3v) is 17.8. The number of hydrogen-bond acceptors (Lipinski definition) is 4. The lowest BCUT2D eigenvalue weighted by molar-refractivity contribution is 0.443. The van der Waals surface area contributed by atoms with E-state index in [-0.39, 0.29) is 0 Å². The Morgan fingerprint density at radius 2 is 0.676 bits per heavy atom. The Morgan fingerprint density at radius 1 is 0.297 bits per heavy atom. The molecule has 4 heteroatoms. The van der Waals surface area contributed by atoms with Gasteiger partial charge in [0.1, 0.15) is 0 Å². The molecule has 0 saturated heterocycles. The van der Waals surface area contributed by atoms with Crippen LogP contribution in [0.15, 0.2) is 194 Å². The number of para-hydroxylation sites is 4. The maximum Gasteiger partial charge on any atom is 0.0553 e. The Hall–Kier alpha value is -7.82. The van der Waals surface area contributed by atoms with Gasteiger partial charge in [0.15, 0.2) is 0 Å². The van der Waals surface area contributed by atoms with Crippen LogP contribution in [0.1, 0.15) is 132 Å². The standard InChI is InChI=1S/C70H62N4/c1-5-17-47(18-6-1)49-29-35-59(36-30-49)71(57-23-9-3-10-24-57)65-39-33-53-41-55-46-68-56(45-67(55)73-63-27-15-13-21-51(63)43-61(65)69(53)73)42-54-34-40-66(62-44-52-22-14-16-28-64(52)74(68)70(54)62)72(58-25-11-4-12-26-58)60-37-31-50(32-38-60)48-19-7-2-8-20-48/h3-4,9-16,21-40,45-48H,1-2,5-8,17-20,41-44H2. The molecule has 9 aromatic carbocycles. The predicted molar refractivity (Wildman–Crippen MR) is 308 cm³/mol. The highest BCUT2D eigenvalue weighted by atomic mass is 15.2. The van der Waals surface area contributed by atoms with Crippen LogP contribution in [0.25, 0.3) is 0 Å². The second kappa shape index (κ2) is 18.0. The van der Waals surface area contributed by atoms with Gasteiger partial charge in [-0.2, -0.15) is 0 Å². The summed E-state index contributed by atoms with van der Waals surface area (Å²) >= 11 is 0. The van der Waals surface area contributed by atoms with Gasteiger partial charge in [-0.25, -0.2) is 0 Å². The Bertz CT molecular complexity index is 3350. The van der Waals surface area contributed by atoms with Crippen molar-refractivity contribution in [3.8, 4) is 0 Å². The van der Waals surface area contributed by atoms with Crippen molar-refractivity contribution in [3.63, 3.8) is 0 Å². The zero-order valence-electron chi connectivity index (χ0n) is 42.3. The van der Waals surface area contributed by atoms with Gasteiger partial charge in [0.25, 0.3) is 0 Å². The highest BCUT2D eigenvalue weighted by Crippen LogP contribution is 2.59. The second-order valence-corrected chi connectivity index (χ2v) is 22.1. The van der Waals surface area contributed by atoms with Crippen molar-refractivity contribution < 1.29 is 0 Å².